The van der Waals surface area contributed by atoms with Gasteiger partial charge in [0.05, 0.1) is 30.1 Å². The molecule has 1 aromatic heterocycles. The lowest BCUT2D eigenvalue weighted by atomic mass is 10.1. The lowest BCUT2D eigenvalue weighted by Gasteiger charge is -2.36. The quantitative estimate of drug-likeness (QED) is 0.400. The molecule has 1 aliphatic heterocycles. The number of thiazole rings is 1. The largest absolute Gasteiger partial charge is 0.412 e. The highest BCUT2D eigenvalue weighted by Gasteiger charge is 2.38. The summed E-state index contributed by atoms with van der Waals surface area (Å²) >= 11 is 1.30. The number of amides is 1. The fourth-order valence-corrected chi connectivity index (χ4v) is 5.12. The van der Waals surface area contributed by atoms with E-state index in [0.29, 0.717) is 11.6 Å². The molecule has 1 aromatic carbocycles. The number of aliphatic imine (C=N–C) groups is 1. The van der Waals surface area contributed by atoms with Gasteiger partial charge in [-0.15, -0.1) is 11.3 Å². The van der Waals surface area contributed by atoms with E-state index < -0.39 is 31.4 Å². The molecule has 11 heteroatoms. The summed E-state index contributed by atoms with van der Waals surface area (Å²) in [5, 5.41) is 3.29. The van der Waals surface area contributed by atoms with Crippen LogP contribution in [-0.4, -0.2) is 42.7 Å². The smallest absolute Gasteiger partial charge is 0.282 e. The van der Waals surface area contributed by atoms with Crippen molar-refractivity contribution in [2.45, 2.75) is 71.6 Å². The molecular weight excluding hydrogens is 481 g/mol. The van der Waals surface area contributed by atoms with Crippen LogP contribution in [0.3, 0.4) is 0 Å². The van der Waals surface area contributed by atoms with Gasteiger partial charge in [-0.25, -0.2) is 23.1 Å². The van der Waals surface area contributed by atoms with Crippen LogP contribution in [0.1, 0.15) is 53.6 Å². The van der Waals surface area contributed by atoms with E-state index in [0.717, 1.165) is 22.7 Å². The molecule has 1 amide bonds. The summed E-state index contributed by atoms with van der Waals surface area (Å²) in [4.78, 5) is 24.3. The highest BCUT2D eigenvalue weighted by Crippen LogP contribution is 2.37. The van der Waals surface area contributed by atoms with Gasteiger partial charge in [-0.1, -0.05) is 20.8 Å². The number of benzene rings is 1. The number of carbonyl (C=O) groups is 1. The van der Waals surface area contributed by atoms with E-state index in [1.165, 1.54) is 17.7 Å². The maximum absolute atomic E-state index is 13.5. The van der Waals surface area contributed by atoms with Crippen LogP contribution in [0.4, 0.5) is 13.2 Å². The Kier molecular flexibility index (Phi) is 7.31. The number of rotatable bonds is 7. The van der Waals surface area contributed by atoms with Crippen LogP contribution in [0.25, 0.3) is 0 Å². The van der Waals surface area contributed by atoms with Crippen molar-refractivity contribution in [1.29, 1.82) is 0 Å². The molecule has 34 heavy (non-hydrogen) atoms. The number of nitrogens with zero attached hydrogens (tertiary/aromatic N) is 3. The molecule has 1 atom stereocenters. The number of nitrogens with one attached hydrogen (secondary N) is 1. The average Bonchev–Trinajstić information content (AvgIpc) is 3.26. The van der Waals surface area contributed by atoms with E-state index in [2.05, 4.69) is 49.2 Å². The first-order chi connectivity index (χ1) is 15.6. The molecule has 186 valence electrons. The second kappa shape index (κ2) is 9.42. The van der Waals surface area contributed by atoms with Crippen molar-refractivity contribution in [3.63, 3.8) is 0 Å². The Hall–Kier alpha value is -2.24. The zero-order chi connectivity index (χ0) is 25.5. The molecule has 0 spiro atoms. The van der Waals surface area contributed by atoms with Crippen molar-refractivity contribution in [2.24, 2.45) is 4.99 Å². The molecule has 0 aliphatic carbocycles. The molecule has 0 saturated carbocycles. The number of aromatic nitrogens is 1. The first-order valence-electron chi connectivity index (χ1n) is 11.0. The number of halogens is 3. The van der Waals surface area contributed by atoms with E-state index >= 15 is 0 Å². The summed E-state index contributed by atoms with van der Waals surface area (Å²) in [7, 11) is -1.93. The summed E-state index contributed by atoms with van der Waals surface area (Å²) in [5.41, 5.74) is 0.0854. The summed E-state index contributed by atoms with van der Waals surface area (Å²) in [5.74, 6) is -4.33. The van der Waals surface area contributed by atoms with E-state index in [1.807, 2.05) is 6.92 Å². The van der Waals surface area contributed by atoms with E-state index in [-0.39, 0.29) is 29.6 Å². The van der Waals surface area contributed by atoms with Crippen LogP contribution in [-0.2, 0) is 17.6 Å². The first kappa shape index (κ1) is 26.4. The van der Waals surface area contributed by atoms with Crippen LogP contribution in [0.2, 0.25) is 18.1 Å². The molecule has 2 heterocycles. The van der Waals surface area contributed by atoms with E-state index in [9.17, 15) is 18.0 Å². The van der Waals surface area contributed by atoms with Crippen LogP contribution < -0.4 is 5.32 Å². The fourth-order valence-electron chi connectivity index (χ4n) is 3.21. The van der Waals surface area contributed by atoms with Crippen LogP contribution in [0.15, 0.2) is 17.1 Å². The molecule has 0 saturated heterocycles. The third kappa shape index (κ3) is 5.87. The second-order valence-electron chi connectivity index (χ2n) is 10.3. The Morgan fingerprint density at radius 1 is 1.26 bits per heavy atom. The molecule has 1 unspecified atom stereocenters. The van der Waals surface area contributed by atoms with E-state index in [1.54, 1.807) is 11.8 Å². The van der Waals surface area contributed by atoms with Gasteiger partial charge in [-0.2, -0.15) is 0 Å². The molecular formula is C23H31F3N4O2SSi. The summed E-state index contributed by atoms with van der Waals surface area (Å²) in [6.45, 7) is 15.3. The minimum atomic E-state index is -1.93. The minimum absolute atomic E-state index is 0.0815. The van der Waals surface area contributed by atoms with Gasteiger partial charge < -0.3 is 14.6 Å². The SMILES string of the molecule is Cc1nc(C(=O)NC2(C)CN(Cc3cc(F)c(F)c(F)c3)C=N2)sc1CO[Si](C)(C)C(C)(C)C. The predicted octanol–water partition coefficient (Wildman–Crippen LogP) is 5.38. The molecule has 0 radical (unpaired) electrons. The normalized spacial score (nSPS) is 18.6. The van der Waals surface area contributed by atoms with Gasteiger partial charge in [-0.05, 0) is 49.7 Å². The lowest BCUT2D eigenvalue weighted by Crippen LogP contribution is -2.48. The third-order valence-electron chi connectivity index (χ3n) is 6.29. The Bertz CT molecular complexity index is 1090. The van der Waals surface area contributed by atoms with Gasteiger partial charge in [0.25, 0.3) is 5.91 Å². The molecule has 2 aromatic rings. The van der Waals surface area contributed by atoms with Crippen LogP contribution >= 0.6 is 11.3 Å². The third-order valence-corrected chi connectivity index (χ3v) is 11.9. The van der Waals surface area contributed by atoms with Gasteiger partial charge in [0.15, 0.2) is 30.8 Å². The maximum atomic E-state index is 13.5. The van der Waals surface area contributed by atoms with Crippen LogP contribution in [0, 0.1) is 24.4 Å². The summed E-state index contributed by atoms with van der Waals surface area (Å²) in [6, 6.07) is 1.90. The zero-order valence-corrected chi connectivity index (χ0v) is 22.4. The van der Waals surface area contributed by atoms with Crippen molar-refractivity contribution >= 4 is 31.9 Å². The molecule has 0 fully saturated rings. The number of aryl methyl sites for hydroxylation is 1. The highest BCUT2D eigenvalue weighted by atomic mass is 32.1. The monoisotopic (exact) mass is 512 g/mol. The van der Waals surface area contributed by atoms with Gasteiger partial charge in [0.1, 0.15) is 5.66 Å². The highest BCUT2D eigenvalue weighted by molar-refractivity contribution is 7.13. The van der Waals surface area contributed by atoms with Crippen molar-refractivity contribution in [1.82, 2.24) is 15.2 Å². The fraction of sp³-hybridized carbons (Fsp3) is 0.522. The molecule has 1 aliphatic rings. The summed E-state index contributed by atoms with van der Waals surface area (Å²) in [6.07, 6.45) is 1.50. The molecule has 6 nitrogen and oxygen atoms in total. The molecule has 3 rings (SSSR count). The zero-order valence-electron chi connectivity index (χ0n) is 20.6. The van der Waals surface area contributed by atoms with Crippen LogP contribution in [0.5, 0.6) is 0 Å². The predicted molar refractivity (Wildman–Crippen MR) is 130 cm³/mol. The average molecular weight is 513 g/mol. The van der Waals surface area contributed by atoms with Crippen molar-refractivity contribution in [3.8, 4) is 0 Å². The lowest BCUT2D eigenvalue weighted by molar-refractivity contribution is 0.0905. The minimum Gasteiger partial charge on any atom is -0.412 e. The first-order valence-corrected chi connectivity index (χ1v) is 14.7. The Labute approximate surface area is 203 Å². The maximum Gasteiger partial charge on any atom is 0.282 e. The van der Waals surface area contributed by atoms with Gasteiger partial charge in [0.2, 0.25) is 0 Å². The summed E-state index contributed by atoms with van der Waals surface area (Å²) < 4.78 is 46.5. The Morgan fingerprint density at radius 3 is 2.47 bits per heavy atom. The van der Waals surface area contributed by atoms with E-state index in [4.69, 9.17) is 4.43 Å². The van der Waals surface area contributed by atoms with Crippen molar-refractivity contribution < 1.29 is 22.4 Å². The Balaban J connectivity index is 1.62. The molecule has 1 N–H and O–H groups in total. The van der Waals surface area contributed by atoms with Crippen molar-refractivity contribution in [3.05, 3.63) is 50.7 Å². The number of hydrogen-bond acceptors (Lipinski definition) is 6. The second-order valence-corrected chi connectivity index (χ2v) is 16.2. The molecule has 0 bridgehead atoms. The Morgan fingerprint density at radius 2 is 1.88 bits per heavy atom. The van der Waals surface area contributed by atoms with Gasteiger partial charge in [0, 0.05) is 6.54 Å². The number of hydrogen-bond donors (Lipinski definition) is 1. The van der Waals surface area contributed by atoms with Crippen molar-refractivity contribution in [2.75, 3.05) is 6.54 Å². The van der Waals surface area contributed by atoms with Gasteiger partial charge >= 0.3 is 0 Å². The number of carbonyl (C=O) groups excluding carboxylic acids is 1. The topological polar surface area (TPSA) is 66.8 Å². The standard InChI is InChI=1S/C23H31F3N4O2SSi/c1-14-18(11-32-34(6,7)22(2,3)4)33-21(28-14)20(31)29-23(5)12-30(13-27-23)10-15-8-16(24)19(26)17(25)9-15/h8-9,13H,10-12H2,1-7H3,(H,29,31). The van der Waals surface area contributed by atoms with Gasteiger partial charge in [-0.3, -0.25) is 4.79 Å².